The van der Waals surface area contributed by atoms with E-state index in [1.165, 1.54) is 44.3 Å². The average molecular weight is 397 g/mol. The summed E-state index contributed by atoms with van der Waals surface area (Å²) >= 11 is 0. The zero-order valence-corrected chi connectivity index (χ0v) is 17.6. The van der Waals surface area contributed by atoms with Gasteiger partial charge in [0.15, 0.2) is 0 Å². The van der Waals surface area contributed by atoms with E-state index >= 15 is 0 Å². The fraction of sp³-hybridized carbons (Fsp3) is 0.458. The number of nitrogens with zero attached hydrogens (tertiary/aromatic N) is 2. The van der Waals surface area contributed by atoms with Crippen LogP contribution in [-0.4, -0.2) is 37.8 Å². The number of nitriles is 1. The van der Waals surface area contributed by atoms with Crippen LogP contribution >= 0.6 is 0 Å². The van der Waals surface area contributed by atoms with E-state index in [1.54, 1.807) is 0 Å². The monoisotopic (exact) mass is 396 g/mol. The van der Waals surface area contributed by atoms with E-state index in [-0.39, 0.29) is 0 Å². The molecule has 5 nitrogen and oxygen atoms in total. The third kappa shape index (κ3) is 7.17. The van der Waals surface area contributed by atoms with Gasteiger partial charge in [-0.05, 0) is 44.2 Å². The minimum absolute atomic E-state index is 0.635. The summed E-state index contributed by atoms with van der Waals surface area (Å²) in [5, 5.41) is 17.8. The predicted octanol–water partition coefficient (Wildman–Crippen LogP) is 3.74. The second-order valence-electron chi connectivity index (χ2n) is 7.65. The topological polar surface area (TPSA) is 65.3 Å². The Morgan fingerprint density at radius 3 is 2.28 bits per heavy atom. The number of benzene rings is 2. The van der Waals surface area contributed by atoms with E-state index in [0.717, 1.165) is 36.0 Å². The molecule has 29 heavy (non-hydrogen) atoms. The van der Waals surface area contributed by atoms with Crippen LogP contribution in [-0.2, 0) is 11.4 Å². The Morgan fingerprint density at radius 1 is 1.00 bits per heavy atom. The summed E-state index contributed by atoms with van der Waals surface area (Å²) in [7, 11) is 1.07. The molecular formula is C24H32N2O3. The summed E-state index contributed by atoms with van der Waals surface area (Å²) in [6, 6.07) is 18.8. The third-order valence-corrected chi connectivity index (χ3v) is 5.52. The zero-order valence-electron chi connectivity index (χ0n) is 17.6. The highest BCUT2D eigenvalue weighted by atomic mass is 17.1. The van der Waals surface area contributed by atoms with E-state index in [0.29, 0.717) is 12.2 Å². The Kier molecular flexibility index (Phi) is 9.66. The predicted molar refractivity (Wildman–Crippen MR) is 112 cm³/mol. The van der Waals surface area contributed by atoms with E-state index < -0.39 is 0 Å². The van der Waals surface area contributed by atoms with Gasteiger partial charge in [0.25, 0.3) is 0 Å². The number of aryl methyl sites for hydroxylation is 1. The van der Waals surface area contributed by atoms with E-state index in [2.05, 4.69) is 41.3 Å². The maximum Gasteiger partial charge on any atom is 0.140 e. The minimum atomic E-state index is 0.635. The molecule has 0 unspecified atom stereocenters. The number of quaternary nitrogens is 1. The molecule has 1 heterocycles. The first-order valence-corrected chi connectivity index (χ1v) is 10.3. The Bertz CT molecular complexity index is 763. The van der Waals surface area contributed by atoms with Gasteiger partial charge in [-0.25, -0.2) is 0 Å². The van der Waals surface area contributed by atoms with Crippen molar-refractivity contribution in [2.75, 3.05) is 33.4 Å². The van der Waals surface area contributed by atoms with Crippen LogP contribution in [0.3, 0.4) is 0 Å². The van der Waals surface area contributed by atoms with Crippen LogP contribution in [0.1, 0.15) is 42.4 Å². The van der Waals surface area contributed by atoms with Gasteiger partial charge >= 0.3 is 0 Å². The smallest absolute Gasteiger partial charge is 0.140 e. The lowest BCUT2D eigenvalue weighted by atomic mass is 10.1. The molecule has 2 aromatic carbocycles. The van der Waals surface area contributed by atoms with Crippen LogP contribution in [0.15, 0.2) is 48.5 Å². The molecule has 156 valence electrons. The molecule has 5 heteroatoms. The van der Waals surface area contributed by atoms with Crippen LogP contribution in [0.2, 0.25) is 0 Å². The number of hydrogen-bond donors (Lipinski definition) is 0. The SMILES string of the molecule is CO[O-].Cc1cccc(C#N)c1OCC[N+]1(Cc2ccccc2)CCCCCC1. The Morgan fingerprint density at radius 2 is 1.66 bits per heavy atom. The van der Waals surface area contributed by atoms with Gasteiger partial charge in [-0.15, -0.1) is 0 Å². The minimum Gasteiger partial charge on any atom is -0.724 e. The molecule has 0 aromatic heterocycles. The molecule has 1 aliphatic heterocycles. The highest BCUT2D eigenvalue weighted by Crippen LogP contribution is 2.25. The second kappa shape index (κ2) is 12.2. The molecule has 0 bridgehead atoms. The molecule has 0 spiro atoms. The van der Waals surface area contributed by atoms with Crippen LogP contribution in [0.4, 0.5) is 0 Å². The molecule has 0 atom stereocenters. The number of para-hydroxylation sites is 1. The van der Waals surface area contributed by atoms with Crippen molar-refractivity contribution in [2.45, 2.75) is 39.2 Å². The van der Waals surface area contributed by atoms with Crippen molar-refractivity contribution in [2.24, 2.45) is 0 Å². The lowest BCUT2D eigenvalue weighted by Gasteiger charge is -2.38. The van der Waals surface area contributed by atoms with Crippen molar-refractivity contribution in [3.05, 3.63) is 65.2 Å². The normalized spacial score (nSPS) is 15.4. The average Bonchev–Trinajstić information content (AvgIpc) is 2.96. The molecule has 0 N–H and O–H groups in total. The third-order valence-electron chi connectivity index (χ3n) is 5.52. The van der Waals surface area contributed by atoms with Gasteiger partial charge in [-0.1, -0.05) is 42.5 Å². The van der Waals surface area contributed by atoms with Gasteiger partial charge in [-0.3, -0.25) is 0 Å². The van der Waals surface area contributed by atoms with Crippen LogP contribution < -0.4 is 9.99 Å². The van der Waals surface area contributed by atoms with Crippen molar-refractivity contribution >= 4 is 0 Å². The lowest BCUT2D eigenvalue weighted by Crippen LogP contribution is -2.50. The fourth-order valence-corrected chi connectivity index (χ4v) is 4.06. The van der Waals surface area contributed by atoms with Gasteiger partial charge in [0.1, 0.15) is 31.5 Å². The molecule has 0 amide bonds. The molecule has 1 aliphatic rings. The largest absolute Gasteiger partial charge is 0.724 e. The van der Waals surface area contributed by atoms with Crippen molar-refractivity contribution in [1.29, 1.82) is 5.26 Å². The summed E-state index contributed by atoms with van der Waals surface area (Å²) in [5.74, 6) is 0.752. The van der Waals surface area contributed by atoms with Crippen molar-refractivity contribution in [3.63, 3.8) is 0 Å². The summed E-state index contributed by atoms with van der Waals surface area (Å²) < 4.78 is 7.22. The van der Waals surface area contributed by atoms with E-state index in [1.807, 2.05) is 25.1 Å². The summed E-state index contributed by atoms with van der Waals surface area (Å²) in [6.45, 7) is 7.17. The maximum absolute atomic E-state index is 9.34. The first kappa shape index (κ1) is 22.9. The maximum atomic E-state index is 9.34. The van der Waals surface area contributed by atoms with E-state index in [4.69, 9.17) is 9.99 Å². The van der Waals surface area contributed by atoms with E-state index in [9.17, 15) is 5.26 Å². The molecule has 0 aliphatic carbocycles. The standard InChI is InChI=1S/C23H29N2O.CH4O2/c1-20-10-9-13-22(18-24)23(20)26-17-16-25(14-7-2-3-8-15-25)19-21-11-5-4-6-12-21;1-3-2/h4-6,9-13H,2-3,7-8,14-17,19H2,1H3;2H,1H3/q+1;/p-1. The van der Waals surface area contributed by atoms with Crippen molar-refractivity contribution in [1.82, 2.24) is 0 Å². The lowest BCUT2D eigenvalue weighted by molar-refractivity contribution is -0.940. The molecule has 1 saturated heterocycles. The number of hydrogen-bond acceptors (Lipinski definition) is 4. The van der Waals surface area contributed by atoms with Crippen LogP contribution in [0.5, 0.6) is 5.75 Å². The van der Waals surface area contributed by atoms with Crippen LogP contribution in [0.25, 0.3) is 0 Å². The fourth-order valence-electron chi connectivity index (χ4n) is 4.06. The van der Waals surface area contributed by atoms with Crippen LogP contribution in [0, 0.1) is 18.3 Å². The summed E-state index contributed by atoms with van der Waals surface area (Å²) in [5.41, 5.74) is 3.08. The Hall–Kier alpha value is -2.39. The Balaban J connectivity index is 0.000000941. The molecular weight excluding hydrogens is 364 g/mol. The molecule has 2 aromatic rings. The molecule has 1 fully saturated rings. The highest BCUT2D eigenvalue weighted by molar-refractivity contribution is 5.47. The van der Waals surface area contributed by atoms with Crippen molar-refractivity contribution in [3.8, 4) is 11.8 Å². The van der Waals surface area contributed by atoms with Gasteiger partial charge < -0.3 is 19.4 Å². The summed E-state index contributed by atoms with van der Waals surface area (Å²) in [6.07, 6.45) is 5.26. The molecule has 0 radical (unpaired) electrons. The number of ether oxygens (including phenoxy) is 1. The number of likely N-dealkylation sites (tertiary alicyclic amines) is 1. The zero-order chi connectivity index (χ0) is 21.0. The quantitative estimate of drug-likeness (QED) is 0.424. The molecule has 3 rings (SSSR count). The number of rotatable bonds is 6. The Labute approximate surface area is 174 Å². The van der Waals surface area contributed by atoms with Gasteiger partial charge in [0.2, 0.25) is 0 Å². The van der Waals surface area contributed by atoms with Gasteiger partial charge in [0.05, 0.1) is 18.7 Å². The second-order valence-corrected chi connectivity index (χ2v) is 7.65. The summed E-state index contributed by atoms with van der Waals surface area (Å²) in [4.78, 5) is 3.00. The van der Waals surface area contributed by atoms with Gasteiger partial charge in [0, 0.05) is 12.7 Å². The first-order chi connectivity index (χ1) is 14.1. The first-order valence-electron chi connectivity index (χ1n) is 10.3. The highest BCUT2D eigenvalue weighted by Gasteiger charge is 2.29. The van der Waals surface area contributed by atoms with Gasteiger partial charge in [-0.2, -0.15) is 5.26 Å². The van der Waals surface area contributed by atoms with Crippen molar-refractivity contribution < 1.29 is 19.4 Å². The molecule has 0 saturated carbocycles.